The highest BCUT2D eigenvalue weighted by Gasteiger charge is 2.10. The lowest BCUT2D eigenvalue weighted by atomic mass is 10.4. The van der Waals surface area contributed by atoms with Gasteiger partial charge in [0.05, 0.1) is 5.69 Å². The van der Waals surface area contributed by atoms with Gasteiger partial charge in [-0.25, -0.2) is 9.37 Å². The first kappa shape index (κ1) is 15.6. The summed E-state index contributed by atoms with van der Waals surface area (Å²) in [5, 5.41) is 3.91. The molecule has 0 atom stereocenters. The Bertz CT molecular complexity index is 471. The molecule has 0 unspecified atom stereocenters. The van der Waals surface area contributed by atoms with Crippen LogP contribution in [0.1, 0.15) is 24.8 Å². The Morgan fingerprint density at radius 3 is 2.84 bits per heavy atom. The minimum atomic E-state index is -2.28. The van der Waals surface area contributed by atoms with Crippen LogP contribution in [0.25, 0.3) is 0 Å². The minimum Gasteiger partial charge on any atom is -0.430 e. The Morgan fingerprint density at radius 1 is 1.47 bits per heavy atom. The quantitative estimate of drug-likeness (QED) is 0.434. The predicted molar refractivity (Wildman–Crippen MR) is 66.2 cm³/mol. The van der Waals surface area contributed by atoms with E-state index in [-0.39, 0.29) is 17.4 Å². The Kier molecular flexibility index (Phi) is 6.48. The van der Waals surface area contributed by atoms with E-state index in [4.69, 9.17) is 9.25 Å². The second-order valence-electron chi connectivity index (χ2n) is 3.35. The standard InChI is InChI=1S/C11H13F3N2O2S/c1-3-17-15-6-9-7(2)16-11(18-9)19-5-4-8(12)10(13)14/h6H,3-5H2,1-2H3. The summed E-state index contributed by atoms with van der Waals surface area (Å²) >= 11 is 1.05. The Balaban J connectivity index is 2.52. The van der Waals surface area contributed by atoms with Crippen molar-refractivity contribution in [2.75, 3.05) is 12.4 Å². The number of aromatic nitrogens is 1. The van der Waals surface area contributed by atoms with Crippen LogP contribution in [0.5, 0.6) is 0 Å². The van der Waals surface area contributed by atoms with Crippen LogP contribution >= 0.6 is 11.8 Å². The van der Waals surface area contributed by atoms with Crippen molar-refractivity contribution in [1.82, 2.24) is 4.98 Å². The molecule has 0 aliphatic rings. The summed E-state index contributed by atoms with van der Waals surface area (Å²) in [6.45, 7) is 3.94. The van der Waals surface area contributed by atoms with Gasteiger partial charge in [0.2, 0.25) is 0 Å². The largest absolute Gasteiger partial charge is 0.430 e. The molecule has 1 rings (SSSR count). The molecule has 0 amide bonds. The molecular weight excluding hydrogens is 281 g/mol. The number of thioether (sulfide) groups is 1. The van der Waals surface area contributed by atoms with Crippen LogP contribution in [0.15, 0.2) is 26.7 Å². The van der Waals surface area contributed by atoms with Gasteiger partial charge in [0.25, 0.3) is 5.22 Å². The van der Waals surface area contributed by atoms with Gasteiger partial charge < -0.3 is 9.25 Å². The fraction of sp³-hybridized carbons (Fsp3) is 0.455. The van der Waals surface area contributed by atoms with Crippen molar-refractivity contribution < 1.29 is 22.4 Å². The molecule has 1 heterocycles. The number of allylic oxidation sites excluding steroid dienone is 1. The molecule has 0 aliphatic heterocycles. The van der Waals surface area contributed by atoms with Crippen molar-refractivity contribution >= 4 is 18.0 Å². The highest BCUT2D eigenvalue weighted by molar-refractivity contribution is 7.99. The highest BCUT2D eigenvalue weighted by Crippen LogP contribution is 2.23. The van der Waals surface area contributed by atoms with E-state index in [0.717, 1.165) is 11.8 Å². The summed E-state index contributed by atoms with van der Waals surface area (Å²) in [5.74, 6) is -0.872. The number of rotatable bonds is 7. The van der Waals surface area contributed by atoms with Crippen LogP contribution < -0.4 is 0 Å². The molecule has 0 N–H and O–H groups in total. The maximum atomic E-state index is 12.5. The smallest absolute Gasteiger partial charge is 0.301 e. The first-order chi connectivity index (χ1) is 9.04. The van der Waals surface area contributed by atoms with E-state index in [9.17, 15) is 13.2 Å². The minimum absolute atomic E-state index is 0.116. The average molecular weight is 294 g/mol. The van der Waals surface area contributed by atoms with Crippen LogP contribution in [-0.2, 0) is 4.84 Å². The summed E-state index contributed by atoms with van der Waals surface area (Å²) in [6, 6.07) is 0. The van der Waals surface area contributed by atoms with Crippen LogP contribution in [0.2, 0.25) is 0 Å². The van der Waals surface area contributed by atoms with Gasteiger partial charge >= 0.3 is 6.08 Å². The Morgan fingerprint density at radius 2 is 2.21 bits per heavy atom. The zero-order chi connectivity index (χ0) is 14.3. The van der Waals surface area contributed by atoms with Crippen molar-refractivity contribution in [3.63, 3.8) is 0 Å². The highest BCUT2D eigenvalue weighted by atomic mass is 32.2. The Labute approximate surface area is 112 Å². The summed E-state index contributed by atoms with van der Waals surface area (Å²) in [6.07, 6.45) is -1.28. The first-order valence-corrected chi connectivity index (χ1v) is 6.48. The maximum absolute atomic E-state index is 12.5. The molecule has 0 spiro atoms. The number of oxazole rings is 1. The molecule has 0 radical (unpaired) electrons. The van der Waals surface area contributed by atoms with Crippen molar-refractivity contribution in [2.24, 2.45) is 5.16 Å². The topological polar surface area (TPSA) is 47.6 Å². The van der Waals surface area contributed by atoms with Crippen LogP contribution in [0.4, 0.5) is 13.2 Å². The third-order valence-electron chi connectivity index (χ3n) is 1.94. The van der Waals surface area contributed by atoms with Crippen LogP contribution in [0.3, 0.4) is 0 Å². The Hall–Kier alpha value is -1.44. The third-order valence-corrected chi connectivity index (χ3v) is 2.77. The SMILES string of the molecule is CCON=Cc1oc(SCCC(F)=C(F)F)nc1C. The normalized spacial score (nSPS) is 11.0. The molecule has 106 valence electrons. The summed E-state index contributed by atoms with van der Waals surface area (Å²) in [4.78, 5) is 8.83. The van der Waals surface area contributed by atoms with Gasteiger partial charge in [-0.05, 0) is 13.8 Å². The molecule has 1 aromatic rings. The molecule has 0 fully saturated rings. The molecule has 0 saturated heterocycles. The first-order valence-electron chi connectivity index (χ1n) is 5.49. The summed E-state index contributed by atoms with van der Waals surface area (Å²) in [5.41, 5.74) is 0.596. The van der Waals surface area contributed by atoms with Gasteiger partial charge in [-0.3, -0.25) is 0 Å². The van der Waals surface area contributed by atoms with E-state index in [2.05, 4.69) is 10.1 Å². The van der Waals surface area contributed by atoms with Crippen LogP contribution in [-0.4, -0.2) is 23.6 Å². The molecular formula is C11H13F3N2O2S. The van der Waals surface area contributed by atoms with Crippen molar-refractivity contribution in [2.45, 2.75) is 25.5 Å². The lowest BCUT2D eigenvalue weighted by Gasteiger charge is -1.94. The molecule has 0 saturated carbocycles. The fourth-order valence-corrected chi connectivity index (χ4v) is 1.85. The van der Waals surface area contributed by atoms with Crippen molar-refractivity contribution in [3.05, 3.63) is 23.4 Å². The number of oxime groups is 1. The number of hydrogen-bond acceptors (Lipinski definition) is 5. The molecule has 4 nitrogen and oxygen atoms in total. The van der Waals surface area contributed by atoms with E-state index >= 15 is 0 Å². The second kappa shape index (κ2) is 7.88. The molecule has 0 aliphatic carbocycles. The van der Waals surface area contributed by atoms with Gasteiger partial charge in [0.1, 0.15) is 12.8 Å². The van der Waals surface area contributed by atoms with E-state index in [0.29, 0.717) is 18.1 Å². The van der Waals surface area contributed by atoms with Crippen molar-refractivity contribution in [1.29, 1.82) is 0 Å². The number of nitrogens with zero attached hydrogens (tertiary/aromatic N) is 2. The lowest BCUT2D eigenvalue weighted by Crippen LogP contribution is -1.84. The van der Waals surface area contributed by atoms with E-state index in [1.807, 2.05) is 0 Å². The maximum Gasteiger partial charge on any atom is 0.301 e. The fourth-order valence-electron chi connectivity index (χ4n) is 1.05. The number of aryl methyl sites for hydroxylation is 1. The number of halogens is 3. The lowest BCUT2D eigenvalue weighted by molar-refractivity contribution is 0.160. The van der Waals surface area contributed by atoms with Gasteiger partial charge in [0.15, 0.2) is 11.6 Å². The molecule has 1 aromatic heterocycles. The third kappa shape index (κ3) is 5.37. The van der Waals surface area contributed by atoms with Crippen molar-refractivity contribution in [3.8, 4) is 0 Å². The molecule has 0 aromatic carbocycles. The zero-order valence-corrected chi connectivity index (χ0v) is 11.3. The summed E-state index contributed by atoms with van der Waals surface area (Å²) < 4.78 is 41.5. The van der Waals surface area contributed by atoms with Gasteiger partial charge in [0, 0.05) is 12.2 Å². The molecule has 8 heteroatoms. The van der Waals surface area contributed by atoms with E-state index in [1.165, 1.54) is 6.21 Å². The van der Waals surface area contributed by atoms with E-state index < -0.39 is 11.9 Å². The number of hydrogen-bond donors (Lipinski definition) is 0. The zero-order valence-electron chi connectivity index (χ0n) is 10.5. The second-order valence-corrected chi connectivity index (χ2v) is 4.39. The molecule has 0 bridgehead atoms. The van der Waals surface area contributed by atoms with E-state index in [1.54, 1.807) is 13.8 Å². The predicted octanol–water partition coefficient (Wildman–Crippen LogP) is 3.91. The van der Waals surface area contributed by atoms with Crippen LogP contribution in [0, 0.1) is 6.92 Å². The monoisotopic (exact) mass is 294 g/mol. The summed E-state index contributed by atoms with van der Waals surface area (Å²) in [7, 11) is 0. The molecule has 19 heavy (non-hydrogen) atoms. The van der Waals surface area contributed by atoms with Gasteiger partial charge in [-0.2, -0.15) is 8.78 Å². The van der Waals surface area contributed by atoms with Gasteiger partial charge in [-0.15, -0.1) is 0 Å². The van der Waals surface area contributed by atoms with Gasteiger partial charge in [-0.1, -0.05) is 16.9 Å². The average Bonchev–Trinajstić information content (AvgIpc) is 2.70.